The number of benzene rings is 2. The van der Waals surface area contributed by atoms with Crippen LogP contribution in [0.1, 0.15) is 0 Å². The molecule has 3 nitrogen and oxygen atoms in total. The zero-order valence-electron chi connectivity index (χ0n) is 9.48. The Balaban J connectivity index is 1.93. The highest BCUT2D eigenvalue weighted by Gasteiger charge is 2.17. The quantitative estimate of drug-likeness (QED) is 0.825. The van der Waals surface area contributed by atoms with E-state index in [1.807, 2.05) is 18.2 Å². The summed E-state index contributed by atoms with van der Waals surface area (Å²) in [5.41, 5.74) is 0. The first-order valence-corrected chi connectivity index (χ1v) is 5.94. The zero-order chi connectivity index (χ0) is 12.4. The van der Waals surface area contributed by atoms with Crippen molar-refractivity contribution >= 4 is 11.6 Å². The molecule has 1 aliphatic heterocycles. The van der Waals surface area contributed by atoms with E-state index in [0.29, 0.717) is 41.2 Å². The molecule has 0 saturated carbocycles. The number of hydrogen-bond donors (Lipinski definition) is 0. The number of para-hydroxylation sites is 1. The second-order valence-corrected chi connectivity index (χ2v) is 4.16. The van der Waals surface area contributed by atoms with Crippen molar-refractivity contribution in [3.8, 4) is 23.0 Å². The van der Waals surface area contributed by atoms with Gasteiger partial charge in [0, 0.05) is 12.1 Å². The molecule has 0 saturated heterocycles. The molecule has 2 aromatic rings. The van der Waals surface area contributed by atoms with Gasteiger partial charge >= 0.3 is 0 Å². The molecule has 4 heteroatoms. The summed E-state index contributed by atoms with van der Waals surface area (Å²) in [5, 5.41) is 0.509. The third-order valence-corrected chi connectivity index (χ3v) is 2.71. The molecule has 1 aliphatic rings. The van der Waals surface area contributed by atoms with Crippen LogP contribution in [-0.2, 0) is 0 Å². The molecular weight excluding hydrogens is 252 g/mol. The number of halogens is 1. The number of ether oxygens (including phenoxy) is 3. The van der Waals surface area contributed by atoms with Crippen LogP contribution in [0.15, 0.2) is 36.4 Å². The normalized spacial score (nSPS) is 13.2. The van der Waals surface area contributed by atoms with Gasteiger partial charge in [0.05, 0.1) is 5.02 Å². The molecule has 0 spiro atoms. The lowest BCUT2D eigenvalue weighted by atomic mass is 10.2. The molecule has 2 aromatic carbocycles. The molecule has 0 N–H and O–H groups in total. The van der Waals surface area contributed by atoms with Crippen molar-refractivity contribution in [2.24, 2.45) is 0 Å². The Hall–Kier alpha value is -1.87. The molecular formula is C14H10ClO3. The fourth-order valence-electron chi connectivity index (χ4n) is 1.74. The van der Waals surface area contributed by atoms with Gasteiger partial charge in [-0.15, -0.1) is 0 Å². The predicted octanol–water partition coefficient (Wildman–Crippen LogP) is 3.70. The highest BCUT2D eigenvalue weighted by atomic mass is 35.5. The fraction of sp³-hybridized carbons (Fsp3) is 0.143. The van der Waals surface area contributed by atoms with Crippen LogP contribution in [0.25, 0.3) is 0 Å². The standard InChI is InChI=1S/C14H10ClO3/c15-10-3-1-4-11(9-10)18-13-6-2-5-12-14(13)17-8-7-16-12/h1-2,4-6,9H,7-8H2. The van der Waals surface area contributed by atoms with E-state index < -0.39 is 0 Å². The highest BCUT2D eigenvalue weighted by Crippen LogP contribution is 2.41. The Morgan fingerprint density at radius 3 is 2.94 bits per heavy atom. The van der Waals surface area contributed by atoms with E-state index in [1.165, 1.54) is 0 Å². The highest BCUT2D eigenvalue weighted by molar-refractivity contribution is 6.30. The largest absolute Gasteiger partial charge is 0.486 e. The van der Waals surface area contributed by atoms with Crippen LogP contribution in [0.3, 0.4) is 0 Å². The Labute approximate surface area is 110 Å². The third-order valence-electron chi connectivity index (χ3n) is 2.50. The summed E-state index contributed by atoms with van der Waals surface area (Å²) in [5.74, 6) is 2.59. The molecule has 0 amide bonds. The molecule has 0 bridgehead atoms. The Bertz CT molecular complexity index is 569. The SMILES string of the molecule is Clc1[c]ccc(Oc2cccc3c2OCCO3)c1. The first kappa shape index (κ1) is 11.2. The summed E-state index contributed by atoms with van der Waals surface area (Å²) in [7, 11) is 0. The van der Waals surface area contributed by atoms with Crippen LogP contribution >= 0.6 is 11.6 Å². The lowest BCUT2D eigenvalue weighted by Gasteiger charge is -2.20. The van der Waals surface area contributed by atoms with Crippen molar-refractivity contribution in [1.29, 1.82) is 0 Å². The molecule has 91 valence electrons. The van der Waals surface area contributed by atoms with E-state index in [2.05, 4.69) is 6.07 Å². The molecule has 1 heterocycles. The molecule has 0 atom stereocenters. The Kier molecular flexibility index (Phi) is 2.99. The maximum atomic E-state index is 5.86. The van der Waals surface area contributed by atoms with E-state index in [1.54, 1.807) is 18.2 Å². The number of fused-ring (bicyclic) bond motifs is 1. The first-order chi connectivity index (χ1) is 8.83. The smallest absolute Gasteiger partial charge is 0.204 e. The Morgan fingerprint density at radius 1 is 1.17 bits per heavy atom. The van der Waals surface area contributed by atoms with Gasteiger partial charge in [-0.05, 0) is 24.3 Å². The van der Waals surface area contributed by atoms with E-state index in [9.17, 15) is 0 Å². The van der Waals surface area contributed by atoms with Gasteiger partial charge in [-0.2, -0.15) is 0 Å². The summed E-state index contributed by atoms with van der Waals surface area (Å²) >= 11 is 5.86. The van der Waals surface area contributed by atoms with Crippen molar-refractivity contribution in [3.05, 3.63) is 47.5 Å². The summed E-state index contributed by atoms with van der Waals surface area (Å²) in [6.07, 6.45) is 0. The van der Waals surface area contributed by atoms with Crippen LogP contribution in [0.4, 0.5) is 0 Å². The van der Waals surface area contributed by atoms with Gasteiger partial charge in [-0.3, -0.25) is 0 Å². The maximum Gasteiger partial charge on any atom is 0.204 e. The number of rotatable bonds is 2. The summed E-state index contributed by atoms with van der Waals surface area (Å²) in [4.78, 5) is 0. The van der Waals surface area contributed by atoms with E-state index in [0.717, 1.165) is 0 Å². The van der Waals surface area contributed by atoms with Crippen molar-refractivity contribution in [2.75, 3.05) is 13.2 Å². The average molecular weight is 262 g/mol. The molecule has 18 heavy (non-hydrogen) atoms. The lowest BCUT2D eigenvalue weighted by Crippen LogP contribution is -2.15. The van der Waals surface area contributed by atoms with Crippen molar-refractivity contribution in [1.82, 2.24) is 0 Å². The second-order valence-electron chi connectivity index (χ2n) is 3.75. The Morgan fingerprint density at radius 2 is 2.06 bits per heavy atom. The average Bonchev–Trinajstić information content (AvgIpc) is 2.39. The first-order valence-electron chi connectivity index (χ1n) is 5.56. The van der Waals surface area contributed by atoms with Crippen LogP contribution in [0.2, 0.25) is 5.02 Å². The predicted molar refractivity (Wildman–Crippen MR) is 67.8 cm³/mol. The van der Waals surface area contributed by atoms with Gasteiger partial charge < -0.3 is 14.2 Å². The molecule has 0 unspecified atom stereocenters. The minimum Gasteiger partial charge on any atom is -0.486 e. The minimum absolute atomic E-state index is 0.509. The van der Waals surface area contributed by atoms with Gasteiger partial charge in [0.15, 0.2) is 11.5 Å². The van der Waals surface area contributed by atoms with Gasteiger partial charge in [-0.1, -0.05) is 17.7 Å². The summed E-state index contributed by atoms with van der Waals surface area (Å²) in [6.45, 7) is 1.08. The van der Waals surface area contributed by atoms with Crippen molar-refractivity contribution < 1.29 is 14.2 Å². The van der Waals surface area contributed by atoms with Crippen molar-refractivity contribution in [3.63, 3.8) is 0 Å². The van der Waals surface area contributed by atoms with Crippen LogP contribution < -0.4 is 14.2 Å². The van der Waals surface area contributed by atoms with Gasteiger partial charge in [-0.25, -0.2) is 0 Å². The van der Waals surface area contributed by atoms with E-state index in [4.69, 9.17) is 25.8 Å². The lowest BCUT2D eigenvalue weighted by molar-refractivity contribution is 0.166. The molecule has 0 fully saturated rings. The summed E-state index contributed by atoms with van der Waals surface area (Å²) < 4.78 is 16.8. The van der Waals surface area contributed by atoms with Gasteiger partial charge in [0.2, 0.25) is 5.75 Å². The molecule has 1 radical (unpaired) electrons. The molecule has 0 aliphatic carbocycles. The fourth-order valence-corrected chi connectivity index (χ4v) is 1.91. The van der Waals surface area contributed by atoms with Gasteiger partial charge in [0.1, 0.15) is 19.0 Å². The topological polar surface area (TPSA) is 27.7 Å². The second kappa shape index (κ2) is 4.78. The summed E-state index contributed by atoms with van der Waals surface area (Å²) in [6, 6.07) is 13.6. The van der Waals surface area contributed by atoms with Crippen LogP contribution in [-0.4, -0.2) is 13.2 Å². The van der Waals surface area contributed by atoms with E-state index >= 15 is 0 Å². The van der Waals surface area contributed by atoms with Crippen LogP contribution in [0, 0.1) is 6.07 Å². The van der Waals surface area contributed by atoms with Gasteiger partial charge in [0.25, 0.3) is 0 Å². The third kappa shape index (κ3) is 2.22. The monoisotopic (exact) mass is 261 g/mol. The maximum absolute atomic E-state index is 5.86. The zero-order valence-corrected chi connectivity index (χ0v) is 10.2. The van der Waals surface area contributed by atoms with Crippen LogP contribution in [0.5, 0.6) is 23.0 Å². The number of hydrogen-bond acceptors (Lipinski definition) is 3. The molecule has 3 rings (SSSR count). The minimum atomic E-state index is 0.509. The van der Waals surface area contributed by atoms with E-state index in [-0.39, 0.29) is 0 Å². The molecule has 0 aromatic heterocycles. The van der Waals surface area contributed by atoms with Crippen molar-refractivity contribution in [2.45, 2.75) is 0 Å².